The molecule has 104 valence electrons. The molecule has 0 atom stereocenters. The quantitative estimate of drug-likeness (QED) is 0.837. The first-order valence-electron chi connectivity index (χ1n) is 6.17. The summed E-state index contributed by atoms with van der Waals surface area (Å²) in [5.41, 5.74) is 1.75. The summed E-state index contributed by atoms with van der Waals surface area (Å²) < 4.78 is 0.787. The fourth-order valence-electron chi connectivity index (χ4n) is 1.80. The first-order chi connectivity index (χ1) is 9.58. The minimum Gasteiger partial charge on any atom is -0.341 e. The van der Waals surface area contributed by atoms with Crippen molar-refractivity contribution in [3.8, 4) is 0 Å². The molecule has 0 saturated carbocycles. The Labute approximate surface area is 131 Å². The number of nitrogens with zero attached hydrogens (tertiary/aromatic N) is 2. The number of hydrogen-bond donors (Lipinski definition) is 0. The maximum atomic E-state index is 12.3. The van der Waals surface area contributed by atoms with Crippen molar-refractivity contribution in [3.05, 3.63) is 63.3 Å². The van der Waals surface area contributed by atoms with E-state index in [4.69, 9.17) is 11.6 Å². The molecule has 1 aromatic carbocycles. The Balaban J connectivity index is 1.99. The van der Waals surface area contributed by atoms with E-state index < -0.39 is 0 Å². The number of halogens is 2. The highest BCUT2D eigenvalue weighted by molar-refractivity contribution is 9.10. The van der Waals surface area contributed by atoms with Gasteiger partial charge >= 0.3 is 0 Å². The van der Waals surface area contributed by atoms with Crippen LogP contribution in [-0.4, -0.2) is 29.4 Å². The largest absolute Gasteiger partial charge is 0.341 e. The summed E-state index contributed by atoms with van der Waals surface area (Å²) >= 11 is 9.33. The fraction of sp³-hybridized carbons (Fsp3) is 0.200. The minimum atomic E-state index is -0.0338. The van der Waals surface area contributed by atoms with E-state index in [0.29, 0.717) is 17.1 Å². The van der Waals surface area contributed by atoms with Crippen LogP contribution in [0.2, 0.25) is 5.02 Å². The number of amides is 1. The topological polar surface area (TPSA) is 33.2 Å². The van der Waals surface area contributed by atoms with Gasteiger partial charge in [0.15, 0.2) is 0 Å². The van der Waals surface area contributed by atoms with Crippen LogP contribution in [0.15, 0.2) is 47.2 Å². The summed E-state index contributed by atoms with van der Waals surface area (Å²) in [6, 6.07) is 9.13. The van der Waals surface area contributed by atoms with Gasteiger partial charge in [0.25, 0.3) is 5.91 Å². The lowest BCUT2D eigenvalue weighted by Gasteiger charge is -2.17. The Morgan fingerprint density at radius 2 is 2.00 bits per heavy atom. The van der Waals surface area contributed by atoms with E-state index >= 15 is 0 Å². The molecule has 0 spiro atoms. The average molecular weight is 354 g/mol. The Kier molecular flexibility index (Phi) is 5.15. The van der Waals surface area contributed by atoms with Gasteiger partial charge in [-0.1, -0.05) is 11.6 Å². The average Bonchev–Trinajstić information content (AvgIpc) is 2.48. The van der Waals surface area contributed by atoms with Crippen molar-refractivity contribution in [1.82, 2.24) is 9.88 Å². The molecule has 0 unspecified atom stereocenters. The van der Waals surface area contributed by atoms with E-state index in [-0.39, 0.29) is 5.91 Å². The van der Waals surface area contributed by atoms with E-state index in [0.717, 1.165) is 16.5 Å². The Bertz CT molecular complexity index is 604. The molecule has 0 aliphatic heterocycles. The number of pyridine rings is 1. The van der Waals surface area contributed by atoms with E-state index in [9.17, 15) is 4.79 Å². The second kappa shape index (κ2) is 6.86. The van der Waals surface area contributed by atoms with Crippen LogP contribution in [0.3, 0.4) is 0 Å². The van der Waals surface area contributed by atoms with Gasteiger partial charge in [0.1, 0.15) is 0 Å². The Morgan fingerprint density at radius 1 is 1.30 bits per heavy atom. The maximum Gasteiger partial charge on any atom is 0.253 e. The van der Waals surface area contributed by atoms with Crippen molar-refractivity contribution in [1.29, 1.82) is 0 Å². The highest BCUT2D eigenvalue weighted by Crippen LogP contribution is 2.23. The second-order valence-electron chi connectivity index (χ2n) is 4.46. The summed E-state index contributed by atoms with van der Waals surface area (Å²) in [5, 5.41) is 0.540. The van der Waals surface area contributed by atoms with Crippen LogP contribution in [-0.2, 0) is 6.42 Å². The van der Waals surface area contributed by atoms with E-state index in [1.54, 1.807) is 42.5 Å². The second-order valence-corrected chi connectivity index (χ2v) is 5.72. The molecule has 0 radical (unpaired) electrons. The first-order valence-corrected chi connectivity index (χ1v) is 7.34. The van der Waals surface area contributed by atoms with Crippen molar-refractivity contribution in [3.63, 3.8) is 0 Å². The van der Waals surface area contributed by atoms with Gasteiger partial charge in [0.05, 0.1) is 5.02 Å². The van der Waals surface area contributed by atoms with Gasteiger partial charge in [-0.25, -0.2) is 0 Å². The number of carbonyl (C=O) groups is 1. The van der Waals surface area contributed by atoms with E-state index in [1.807, 2.05) is 12.1 Å². The zero-order valence-electron chi connectivity index (χ0n) is 11.0. The highest BCUT2D eigenvalue weighted by atomic mass is 79.9. The maximum absolute atomic E-state index is 12.3. The molecule has 5 heteroatoms. The summed E-state index contributed by atoms with van der Waals surface area (Å²) in [6.45, 7) is 0.649. The van der Waals surface area contributed by atoms with Gasteiger partial charge in [-0.15, -0.1) is 0 Å². The molecule has 0 bridgehead atoms. The van der Waals surface area contributed by atoms with Crippen LogP contribution in [0.5, 0.6) is 0 Å². The van der Waals surface area contributed by atoms with Crippen LogP contribution in [0.1, 0.15) is 15.9 Å². The summed E-state index contributed by atoms with van der Waals surface area (Å²) in [4.78, 5) is 17.9. The summed E-state index contributed by atoms with van der Waals surface area (Å²) in [7, 11) is 1.79. The predicted octanol–water partition coefficient (Wildman–Crippen LogP) is 3.81. The molecule has 1 heterocycles. The molecule has 0 aliphatic carbocycles. The van der Waals surface area contributed by atoms with Crippen molar-refractivity contribution >= 4 is 33.4 Å². The molecule has 0 N–H and O–H groups in total. The third-order valence-electron chi connectivity index (χ3n) is 3.00. The fourth-order valence-corrected chi connectivity index (χ4v) is 2.22. The number of rotatable bonds is 4. The molecule has 20 heavy (non-hydrogen) atoms. The van der Waals surface area contributed by atoms with Crippen molar-refractivity contribution in [2.24, 2.45) is 0 Å². The Morgan fingerprint density at radius 3 is 2.65 bits per heavy atom. The molecule has 0 fully saturated rings. The lowest BCUT2D eigenvalue weighted by atomic mass is 10.1. The highest BCUT2D eigenvalue weighted by Gasteiger charge is 2.12. The van der Waals surface area contributed by atoms with Crippen LogP contribution in [0.25, 0.3) is 0 Å². The standard InChI is InChI=1S/C15H14BrClN2O/c1-19(9-6-11-4-7-18-8-5-11)15(20)12-2-3-13(16)14(17)10-12/h2-5,7-8,10H,6,9H2,1H3. The van der Waals surface area contributed by atoms with Gasteiger partial charge in [-0.3, -0.25) is 9.78 Å². The number of aromatic nitrogens is 1. The lowest BCUT2D eigenvalue weighted by molar-refractivity contribution is 0.0796. The minimum absolute atomic E-state index is 0.0338. The normalized spacial score (nSPS) is 10.3. The predicted molar refractivity (Wildman–Crippen MR) is 84.1 cm³/mol. The van der Waals surface area contributed by atoms with Crippen molar-refractivity contribution in [2.45, 2.75) is 6.42 Å². The number of hydrogen-bond acceptors (Lipinski definition) is 2. The first kappa shape index (κ1) is 15.0. The molecule has 1 amide bonds. The molecule has 0 saturated heterocycles. The zero-order valence-corrected chi connectivity index (χ0v) is 13.4. The molecule has 2 rings (SSSR count). The van der Waals surface area contributed by atoms with Crippen LogP contribution < -0.4 is 0 Å². The van der Waals surface area contributed by atoms with Crippen molar-refractivity contribution < 1.29 is 4.79 Å². The molecule has 3 nitrogen and oxygen atoms in total. The van der Waals surface area contributed by atoms with Gasteiger partial charge < -0.3 is 4.90 Å². The van der Waals surface area contributed by atoms with Crippen LogP contribution in [0.4, 0.5) is 0 Å². The van der Waals surface area contributed by atoms with Gasteiger partial charge in [0.2, 0.25) is 0 Å². The third-order valence-corrected chi connectivity index (χ3v) is 4.23. The summed E-state index contributed by atoms with van der Waals surface area (Å²) in [6.07, 6.45) is 4.31. The number of carbonyl (C=O) groups excluding carboxylic acids is 1. The SMILES string of the molecule is CN(CCc1ccncc1)C(=O)c1ccc(Br)c(Cl)c1. The summed E-state index contributed by atoms with van der Waals surface area (Å²) in [5.74, 6) is -0.0338. The molecular weight excluding hydrogens is 340 g/mol. The smallest absolute Gasteiger partial charge is 0.253 e. The zero-order chi connectivity index (χ0) is 14.5. The molecule has 0 aliphatic rings. The molecule has 1 aromatic heterocycles. The monoisotopic (exact) mass is 352 g/mol. The number of likely N-dealkylation sites (N-methyl/N-ethyl adjacent to an activating group) is 1. The van der Waals surface area contributed by atoms with Crippen LogP contribution >= 0.6 is 27.5 Å². The van der Waals surface area contributed by atoms with Gasteiger partial charge in [-0.05, 0) is 58.2 Å². The Hall–Kier alpha value is -1.39. The van der Waals surface area contributed by atoms with Crippen molar-refractivity contribution in [2.75, 3.05) is 13.6 Å². The van der Waals surface area contributed by atoms with Gasteiger partial charge in [-0.2, -0.15) is 0 Å². The molecular formula is C15H14BrClN2O. The lowest BCUT2D eigenvalue weighted by Crippen LogP contribution is -2.28. The van der Waals surface area contributed by atoms with E-state index in [2.05, 4.69) is 20.9 Å². The van der Waals surface area contributed by atoms with E-state index in [1.165, 1.54) is 0 Å². The third kappa shape index (κ3) is 3.81. The number of benzene rings is 1. The molecule has 2 aromatic rings. The van der Waals surface area contributed by atoms with Crippen LogP contribution in [0, 0.1) is 0 Å². The van der Waals surface area contributed by atoms with Gasteiger partial charge in [0, 0.05) is 36.0 Å².